The minimum Gasteiger partial charge on any atom is -0.310 e. The van der Waals surface area contributed by atoms with Crippen molar-refractivity contribution in [1.82, 2.24) is 10.2 Å². The van der Waals surface area contributed by atoms with Crippen LogP contribution >= 0.6 is 11.3 Å². The lowest BCUT2D eigenvalue weighted by atomic mass is 9.66. The minimum absolute atomic E-state index is 0.263. The molecule has 23 heavy (non-hydrogen) atoms. The van der Waals surface area contributed by atoms with Crippen molar-refractivity contribution in [2.75, 3.05) is 26.7 Å². The molecule has 2 heterocycles. The fourth-order valence-electron chi connectivity index (χ4n) is 5.15. The van der Waals surface area contributed by atoms with Gasteiger partial charge in [0.2, 0.25) is 0 Å². The second-order valence-electron chi connectivity index (χ2n) is 8.42. The molecule has 1 aromatic rings. The maximum Gasteiger partial charge on any atom is 0.0526 e. The third-order valence-electron chi connectivity index (χ3n) is 7.23. The zero-order valence-electron chi connectivity index (χ0n) is 14.7. The molecule has 1 aromatic heterocycles. The van der Waals surface area contributed by atoms with Crippen molar-refractivity contribution in [1.29, 1.82) is 0 Å². The predicted molar refractivity (Wildman–Crippen MR) is 99.0 cm³/mol. The van der Waals surface area contributed by atoms with Crippen LogP contribution in [0, 0.1) is 11.3 Å². The van der Waals surface area contributed by atoms with Gasteiger partial charge in [0.05, 0.1) is 5.54 Å². The molecular weight excluding hydrogens is 300 g/mol. The minimum atomic E-state index is 0.263. The number of hydrogen-bond donors (Lipinski definition) is 1. The summed E-state index contributed by atoms with van der Waals surface area (Å²) in [5, 5.41) is 5.92. The van der Waals surface area contributed by atoms with Gasteiger partial charge in [0, 0.05) is 11.4 Å². The molecule has 1 saturated heterocycles. The van der Waals surface area contributed by atoms with Crippen LogP contribution in [-0.2, 0) is 5.54 Å². The van der Waals surface area contributed by atoms with E-state index >= 15 is 0 Å². The Morgan fingerprint density at radius 2 is 2.04 bits per heavy atom. The molecule has 128 valence electrons. The first kappa shape index (κ1) is 16.1. The van der Waals surface area contributed by atoms with Crippen molar-refractivity contribution in [2.24, 2.45) is 11.3 Å². The van der Waals surface area contributed by atoms with Crippen molar-refractivity contribution in [2.45, 2.75) is 63.3 Å². The van der Waals surface area contributed by atoms with Crippen LogP contribution in [0.2, 0.25) is 0 Å². The monoisotopic (exact) mass is 332 g/mol. The Bertz CT molecular complexity index is 498. The van der Waals surface area contributed by atoms with Gasteiger partial charge in [0.15, 0.2) is 0 Å². The Balaban J connectivity index is 1.33. The van der Waals surface area contributed by atoms with Crippen LogP contribution in [0.1, 0.15) is 62.7 Å². The van der Waals surface area contributed by atoms with Crippen molar-refractivity contribution in [3.05, 3.63) is 22.4 Å². The van der Waals surface area contributed by atoms with E-state index < -0.39 is 0 Å². The topological polar surface area (TPSA) is 15.3 Å². The zero-order chi connectivity index (χ0) is 15.8. The Morgan fingerprint density at radius 3 is 2.65 bits per heavy atom. The lowest BCUT2D eigenvalue weighted by molar-refractivity contribution is 0.113. The number of nitrogens with one attached hydrogen (secondary N) is 1. The number of likely N-dealkylation sites (tertiary alicyclic amines) is 1. The maximum absolute atomic E-state index is 3.69. The normalized spacial score (nSPS) is 35.7. The van der Waals surface area contributed by atoms with Crippen LogP contribution in [0.3, 0.4) is 0 Å². The molecule has 3 heteroatoms. The molecule has 2 nitrogen and oxygen atoms in total. The van der Waals surface area contributed by atoms with E-state index in [9.17, 15) is 0 Å². The summed E-state index contributed by atoms with van der Waals surface area (Å²) >= 11 is 1.93. The van der Waals surface area contributed by atoms with Crippen LogP contribution < -0.4 is 5.32 Å². The second kappa shape index (κ2) is 6.50. The van der Waals surface area contributed by atoms with Gasteiger partial charge in [0.25, 0.3) is 0 Å². The average Bonchev–Trinajstić information content (AvgIpc) is 3.18. The van der Waals surface area contributed by atoms with Crippen molar-refractivity contribution < 1.29 is 0 Å². The van der Waals surface area contributed by atoms with Crippen molar-refractivity contribution in [3.8, 4) is 0 Å². The van der Waals surface area contributed by atoms with Crippen LogP contribution in [-0.4, -0.2) is 31.6 Å². The van der Waals surface area contributed by atoms with Gasteiger partial charge in [-0.05, 0) is 81.4 Å². The lowest BCUT2D eigenvalue weighted by Crippen LogP contribution is -2.46. The smallest absolute Gasteiger partial charge is 0.0526 e. The van der Waals surface area contributed by atoms with Crippen LogP contribution in [0.25, 0.3) is 0 Å². The molecule has 0 bridgehead atoms. The fraction of sp³-hybridized carbons (Fsp3) is 0.800. The standard InChI is InChI=1S/C20H32N2S/c1-21-20(18-6-3-15-23-18)10-8-19(9-11-20)12-14-22(16-19)13-7-17-4-2-5-17/h3,6,15,17,21H,2,4-5,7-14,16H2,1H3. The first-order chi connectivity index (χ1) is 11.2. The van der Waals surface area contributed by atoms with Gasteiger partial charge < -0.3 is 10.2 Å². The fourth-order valence-corrected chi connectivity index (χ4v) is 6.14. The van der Waals surface area contributed by atoms with E-state index in [2.05, 4.69) is 34.8 Å². The summed E-state index contributed by atoms with van der Waals surface area (Å²) < 4.78 is 0. The van der Waals surface area contributed by atoms with Crippen LogP contribution in [0.4, 0.5) is 0 Å². The quantitative estimate of drug-likeness (QED) is 0.846. The van der Waals surface area contributed by atoms with Crippen LogP contribution in [0.15, 0.2) is 17.5 Å². The van der Waals surface area contributed by atoms with E-state index in [1.165, 1.54) is 77.4 Å². The molecule has 0 aromatic carbocycles. The van der Waals surface area contributed by atoms with Gasteiger partial charge in [-0.2, -0.15) is 0 Å². The molecule has 1 N–H and O–H groups in total. The Morgan fingerprint density at radius 1 is 1.22 bits per heavy atom. The van der Waals surface area contributed by atoms with Crippen LogP contribution in [0.5, 0.6) is 0 Å². The largest absolute Gasteiger partial charge is 0.310 e. The third kappa shape index (κ3) is 3.12. The highest BCUT2D eigenvalue weighted by Crippen LogP contribution is 2.50. The lowest BCUT2D eigenvalue weighted by Gasteiger charge is -2.44. The number of hydrogen-bond acceptors (Lipinski definition) is 3. The van der Waals surface area contributed by atoms with E-state index in [1.807, 2.05) is 11.3 Å². The SMILES string of the molecule is CNC1(c2cccs2)CCC2(CCN(CCC3CCC3)C2)CC1. The van der Waals surface area contributed by atoms with E-state index in [0.717, 1.165) is 5.92 Å². The van der Waals surface area contributed by atoms with Gasteiger partial charge in [-0.3, -0.25) is 0 Å². The van der Waals surface area contributed by atoms with E-state index in [0.29, 0.717) is 5.41 Å². The van der Waals surface area contributed by atoms with E-state index in [1.54, 1.807) is 4.88 Å². The summed E-state index contributed by atoms with van der Waals surface area (Å²) in [4.78, 5) is 4.34. The highest BCUT2D eigenvalue weighted by molar-refractivity contribution is 7.10. The molecule has 0 radical (unpaired) electrons. The summed E-state index contributed by atoms with van der Waals surface area (Å²) in [6.07, 6.45) is 12.9. The summed E-state index contributed by atoms with van der Waals surface area (Å²) in [6.45, 7) is 4.11. The first-order valence-corrected chi connectivity index (χ1v) is 10.6. The number of thiophene rings is 1. The van der Waals surface area contributed by atoms with E-state index in [-0.39, 0.29) is 5.54 Å². The molecule has 2 aliphatic carbocycles. The molecule has 1 aliphatic heterocycles. The summed E-state index contributed by atoms with van der Waals surface area (Å²) in [5.74, 6) is 1.06. The van der Waals surface area contributed by atoms with Gasteiger partial charge in [-0.1, -0.05) is 25.3 Å². The van der Waals surface area contributed by atoms with Crippen molar-refractivity contribution >= 4 is 11.3 Å². The summed E-state index contributed by atoms with van der Waals surface area (Å²) in [5.41, 5.74) is 0.899. The highest BCUT2D eigenvalue weighted by Gasteiger charge is 2.46. The first-order valence-electron chi connectivity index (χ1n) is 9.69. The Kier molecular flexibility index (Phi) is 4.55. The zero-order valence-corrected chi connectivity index (χ0v) is 15.5. The molecular formula is C20H32N2S. The molecule has 0 amide bonds. The van der Waals surface area contributed by atoms with Crippen molar-refractivity contribution in [3.63, 3.8) is 0 Å². The molecule has 4 rings (SSSR count). The van der Waals surface area contributed by atoms with Gasteiger partial charge in [0.1, 0.15) is 0 Å². The molecule has 0 unspecified atom stereocenters. The summed E-state index contributed by atoms with van der Waals surface area (Å²) in [7, 11) is 2.16. The second-order valence-corrected chi connectivity index (χ2v) is 9.37. The van der Waals surface area contributed by atoms with E-state index in [4.69, 9.17) is 0 Å². The predicted octanol–water partition coefficient (Wildman–Crippen LogP) is 4.62. The molecule has 0 atom stereocenters. The Labute approximate surface area is 145 Å². The molecule has 3 fully saturated rings. The van der Waals surface area contributed by atoms with Gasteiger partial charge in [-0.15, -0.1) is 11.3 Å². The summed E-state index contributed by atoms with van der Waals surface area (Å²) in [6, 6.07) is 4.54. The molecule has 3 aliphatic rings. The van der Waals surface area contributed by atoms with Gasteiger partial charge in [-0.25, -0.2) is 0 Å². The molecule has 1 spiro atoms. The number of rotatable bonds is 5. The van der Waals surface area contributed by atoms with Gasteiger partial charge >= 0.3 is 0 Å². The third-order valence-corrected chi connectivity index (χ3v) is 8.31. The molecule has 2 saturated carbocycles. The maximum atomic E-state index is 3.69. The number of nitrogens with zero attached hydrogens (tertiary/aromatic N) is 1. The Hall–Kier alpha value is -0.380. The highest BCUT2D eigenvalue weighted by atomic mass is 32.1. The average molecular weight is 333 g/mol.